The van der Waals surface area contributed by atoms with E-state index in [1.54, 1.807) is 17.7 Å². The van der Waals surface area contributed by atoms with Crippen LogP contribution in [0.15, 0.2) is 23.8 Å². The van der Waals surface area contributed by atoms with Crippen LogP contribution in [-0.4, -0.2) is 23.6 Å². The van der Waals surface area contributed by atoms with Gasteiger partial charge in [0, 0.05) is 18.3 Å². The predicted octanol–water partition coefficient (Wildman–Crippen LogP) is 3.15. The second kappa shape index (κ2) is 7.09. The van der Waals surface area contributed by atoms with Crippen LogP contribution in [0.4, 0.5) is 5.82 Å². The van der Waals surface area contributed by atoms with Gasteiger partial charge in [0.05, 0.1) is 12.2 Å². The lowest BCUT2D eigenvalue weighted by molar-refractivity contribution is 0.306. The highest BCUT2D eigenvalue weighted by Crippen LogP contribution is 2.23. The molecule has 0 aliphatic heterocycles. The first-order valence-electron chi connectivity index (χ1n) is 6.52. The van der Waals surface area contributed by atoms with Crippen molar-refractivity contribution in [2.75, 3.05) is 19.0 Å². The average molecular weight is 277 g/mol. The lowest BCUT2D eigenvalue weighted by Gasteiger charge is -2.12. The fraction of sp³-hybridized carbons (Fsp3) is 0.429. The quantitative estimate of drug-likeness (QED) is 0.844. The summed E-state index contributed by atoms with van der Waals surface area (Å²) in [5.41, 5.74) is 1.07. The third kappa shape index (κ3) is 3.67. The van der Waals surface area contributed by atoms with E-state index in [1.807, 2.05) is 7.05 Å². The monoisotopic (exact) mass is 277 g/mol. The molecule has 2 aromatic heterocycles. The molecule has 19 heavy (non-hydrogen) atoms. The molecular formula is C14H19N3OS. The molecular weight excluding hydrogens is 258 g/mol. The number of rotatable bonds is 7. The molecule has 2 rings (SSSR count). The fourth-order valence-electron chi connectivity index (χ4n) is 1.91. The Morgan fingerprint density at radius 3 is 2.89 bits per heavy atom. The van der Waals surface area contributed by atoms with Crippen molar-refractivity contribution in [3.05, 3.63) is 34.3 Å². The summed E-state index contributed by atoms with van der Waals surface area (Å²) in [7, 11) is 1.87. The van der Waals surface area contributed by atoms with Crippen LogP contribution < -0.4 is 10.1 Å². The van der Waals surface area contributed by atoms with Crippen LogP contribution in [0.1, 0.15) is 23.8 Å². The first-order chi connectivity index (χ1) is 9.35. The number of hydrogen-bond acceptors (Lipinski definition) is 5. The zero-order valence-corrected chi connectivity index (χ0v) is 12.2. The normalized spacial score (nSPS) is 10.4. The van der Waals surface area contributed by atoms with Gasteiger partial charge in [-0.3, -0.25) is 0 Å². The highest BCUT2D eigenvalue weighted by molar-refractivity contribution is 7.09. The molecule has 0 saturated heterocycles. The molecule has 0 aliphatic carbocycles. The van der Waals surface area contributed by atoms with Crippen molar-refractivity contribution in [2.24, 2.45) is 0 Å². The minimum Gasteiger partial charge on any atom is -0.477 e. The topological polar surface area (TPSA) is 47.0 Å². The highest BCUT2D eigenvalue weighted by Gasteiger charge is 2.10. The molecule has 0 unspecified atom stereocenters. The second-order valence-corrected chi connectivity index (χ2v) is 5.22. The summed E-state index contributed by atoms with van der Waals surface area (Å²) >= 11 is 1.76. The zero-order chi connectivity index (χ0) is 13.5. The maximum Gasteiger partial charge on any atom is 0.221 e. The zero-order valence-electron chi connectivity index (χ0n) is 11.3. The van der Waals surface area contributed by atoms with E-state index in [1.165, 1.54) is 4.88 Å². The number of nitrogens with zero attached hydrogens (tertiary/aromatic N) is 2. The van der Waals surface area contributed by atoms with E-state index in [4.69, 9.17) is 4.74 Å². The Balaban J connectivity index is 2.02. The number of aromatic nitrogens is 2. The molecule has 4 nitrogen and oxygen atoms in total. The number of anilines is 1. The van der Waals surface area contributed by atoms with Crippen LogP contribution in [-0.2, 0) is 12.8 Å². The van der Waals surface area contributed by atoms with Crippen molar-refractivity contribution >= 4 is 17.2 Å². The Bertz CT molecular complexity index is 499. The summed E-state index contributed by atoms with van der Waals surface area (Å²) in [4.78, 5) is 9.82. The predicted molar refractivity (Wildman–Crippen MR) is 79.1 cm³/mol. The number of nitrogens with one attached hydrogen (secondary N) is 1. The van der Waals surface area contributed by atoms with Crippen LogP contribution in [0, 0.1) is 0 Å². The molecule has 2 heterocycles. The summed E-state index contributed by atoms with van der Waals surface area (Å²) in [6.45, 7) is 2.79. The smallest absolute Gasteiger partial charge is 0.221 e. The lowest BCUT2D eigenvalue weighted by atomic mass is 10.2. The highest BCUT2D eigenvalue weighted by atomic mass is 32.1. The van der Waals surface area contributed by atoms with Gasteiger partial charge in [0.1, 0.15) is 12.1 Å². The summed E-state index contributed by atoms with van der Waals surface area (Å²) < 4.78 is 5.82. The van der Waals surface area contributed by atoms with Crippen LogP contribution in [0.3, 0.4) is 0 Å². The lowest BCUT2D eigenvalue weighted by Crippen LogP contribution is -2.07. The van der Waals surface area contributed by atoms with Gasteiger partial charge in [0.25, 0.3) is 0 Å². The molecule has 1 N–H and O–H groups in total. The Kier molecular flexibility index (Phi) is 5.15. The van der Waals surface area contributed by atoms with Crippen LogP contribution in [0.5, 0.6) is 5.88 Å². The van der Waals surface area contributed by atoms with Gasteiger partial charge in [0.2, 0.25) is 5.88 Å². The number of thiophene rings is 1. The summed E-state index contributed by atoms with van der Waals surface area (Å²) in [6.07, 6.45) is 4.43. The maximum atomic E-state index is 5.82. The molecule has 0 radical (unpaired) electrons. The van der Waals surface area contributed by atoms with Gasteiger partial charge in [-0.15, -0.1) is 11.3 Å². The minimum atomic E-state index is 0.650. The second-order valence-electron chi connectivity index (χ2n) is 4.18. The van der Waals surface area contributed by atoms with E-state index in [0.29, 0.717) is 12.5 Å². The number of hydrogen-bond donors (Lipinski definition) is 1. The van der Waals surface area contributed by atoms with E-state index in [-0.39, 0.29) is 0 Å². The van der Waals surface area contributed by atoms with E-state index in [2.05, 4.69) is 39.7 Å². The largest absolute Gasteiger partial charge is 0.477 e. The molecule has 0 saturated carbocycles. The van der Waals surface area contributed by atoms with Gasteiger partial charge in [-0.1, -0.05) is 19.4 Å². The van der Waals surface area contributed by atoms with Crippen LogP contribution in [0.2, 0.25) is 0 Å². The third-order valence-corrected chi connectivity index (χ3v) is 3.75. The Morgan fingerprint density at radius 1 is 1.32 bits per heavy atom. The Morgan fingerprint density at radius 2 is 2.21 bits per heavy atom. The third-order valence-electron chi connectivity index (χ3n) is 2.81. The van der Waals surface area contributed by atoms with Crippen molar-refractivity contribution in [3.8, 4) is 5.88 Å². The van der Waals surface area contributed by atoms with Gasteiger partial charge < -0.3 is 10.1 Å². The van der Waals surface area contributed by atoms with Crippen molar-refractivity contribution in [1.82, 2.24) is 9.97 Å². The van der Waals surface area contributed by atoms with Gasteiger partial charge in [-0.25, -0.2) is 9.97 Å². The molecule has 2 aromatic rings. The van der Waals surface area contributed by atoms with Gasteiger partial charge in [-0.2, -0.15) is 0 Å². The molecule has 5 heteroatoms. The molecule has 0 atom stereocenters. The standard InChI is InChI=1S/C14H19N3OS/c1-3-5-12-13(15-2)16-10-17-14(12)18-8-7-11-6-4-9-19-11/h4,6,9-10H,3,5,7-8H2,1-2H3,(H,15,16,17). The minimum absolute atomic E-state index is 0.650. The summed E-state index contributed by atoms with van der Waals surface area (Å²) in [5, 5.41) is 5.18. The molecule has 0 amide bonds. The Labute approximate surface area is 117 Å². The van der Waals surface area contributed by atoms with Gasteiger partial charge >= 0.3 is 0 Å². The maximum absolute atomic E-state index is 5.82. The van der Waals surface area contributed by atoms with Gasteiger partial charge in [0.15, 0.2) is 0 Å². The van der Waals surface area contributed by atoms with Crippen molar-refractivity contribution in [1.29, 1.82) is 0 Å². The summed E-state index contributed by atoms with van der Waals surface area (Å²) in [5.74, 6) is 1.57. The first-order valence-corrected chi connectivity index (χ1v) is 7.40. The van der Waals surface area contributed by atoms with E-state index in [9.17, 15) is 0 Å². The van der Waals surface area contributed by atoms with Crippen LogP contribution in [0.25, 0.3) is 0 Å². The molecule has 0 aromatic carbocycles. The van der Waals surface area contributed by atoms with E-state index >= 15 is 0 Å². The van der Waals surface area contributed by atoms with Crippen molar-refractivity contribution in [2.45, 2.75) is 26.2 Å². The average Bonchev–Trinajstić information content (AvgIpc) is 2.94. The van der Waals surface area contributed by atoms with E-state index < -0.39 is 0 Å². The Hall–Kier alpha value is -1.62. The molecule has 0 aliphatic rings. The molecule has 0 bridgehead atoms. The SMILES string of the molecule is CCCc1c(NC)ncnc1OCCc1cccs1. The van der Waals surface area contributed by atoms with Crippen molar-refractivity contribution in [3.63, 3.8) is 0 Å². The fourth-order valence-corrected chi connectivity index (χ4v) is 2.60. The molecule has 0 spiro atoms. The first kappa shape index (κ1) is 13.8. The van der Waals surface area contributed by atoms with Crippen LogP contribution >= 0.6 is 11.3 Å². The summed E-state index contributed by atoms with van der Waals surface area (Å²) in [6, 6.07) is 4.19. The van der Waals surface area contributed by atoms with Gasteiger partial charge in [-0.05, 0) is 17.9 Å². The van der Waals surface area contributed by atoms with E-state index in [0.717, 1.165) is 30.6 Å². The number of ether oxygens (including phenoxy) is 1. The van der Waals surface area contributed by atoms with Crippen molar-refractivity contribution < 1.29 is 4.74 Å². The molecule has 0 fully saturated rings. The molecule has 102 valence electrons.